The molecule has 6 rings (SSSR count). The van der Waals surface area contributed by atoms with E-state index in [-0.39, 0.29) is 12.1 Å². The Hall–Kier alpha value is -3.73. The number of methoxy groups -OCH3 is 1. The number of hydrogen-bond donors (Lipinski definition) is 1. The van der Waals surface area contributed by atoms with Crippen molar-refractivity contribution in [2.24, 2.45) is 0 Å². The van der Waals surface area contributed by atoms with Crippen LogP contribution in [0.2, 0.25) is 0 Å². The Morgan fingerprint density at radius 2 is 1.77 bits per heavy atom. The lowest BCUT2D eigenvalue weighted by atomic mass is 9.95. The minimum atomic E-state index is -0.152. The Kier molecular flexibility index (Phi) is 4.03. The smallest absolute Gasteiger partial charge is 0.257 e. The van der Waals surface area contributed by atoms with Crippen molar-refractivity contribution in [2.45, 2.75) is 19.1 Å². The van der Waals surface area contributed by atoms with Crippen LogP contribution in [0.5, 0.6) is 5.75 Å². The number of hydrogen-bond acceptors (Lipinski definition) is 3. The first-order valence-electron chi connectivity index (χ1n) is 10.6. The molecule has 5 heteroatoms. The second-order valence-corrected chi connectivity index (χ2v) is 8.18. The maximum atomic E-state index is 13.4. The molecule has 1 aromatic heterocycles. The molecule has 31 heavy (non-hydrogen) atoms. The fourth-order valence-electron chi connectivity index (χ4n) is 5.05. The molecule has 3 heterocycles. The summed E-state index contributed by atoms with van der Waals surface area (Å²) in [5.74, 6) is 0.950. The highest BCUT2D eigenvalue weighted by atomic mass is 16.5. The van der Waals surface area contributed by atoms with Gasteiger partial charge in [-0.25, -0.2) is 0 Å². The summed E-state index contributed by atoms with van der Waals surface area (Å²) in [6, 6.07) is 24.6. The second-order valence-electron chi connectivity index (χ2n) is 8.18. The molecule has 1 atom stereocenters. The number of aromatic amines is 1. The molecule has 154 valence electrons. The lowest BCUT2D eigenvalue weighted by molar-refractivity contribution is 0.0625. The van der Waals surface area contributed by atoms with Crippen LogP contribution in [0.3, 0.4) is 0 Å². The van der Waals surface area contributed by atoms with Gasteiger partial charge in [0.15, 0.2) is 0 Å². The zero-order valence-corrected chi connectivity index (χ0v) is 17.3. The van der Waals surface area contributed by atoms with Crippen LogP contribution in [0.25, 0.3) is 10.9 Å². The third-order valence-electron chi connectivity index (χ3n) is 6.51. The molecule has 2 aliphatic rings. The van der Waals surface area contributed by atoms with Gasteiger partial charge < -0.3 is 19.5 Å². The van der Waals surface area contributed by atoms with Crippen LogP contribution >= 0.6 is 0 Å². The quantitative estimate of drug-likeness (QED) is 0.524. The largest absolute Gasteiger partial charge is 0.497 e. The zero-order valence-electron chi connectivity index (χ0n) is 17.3. The summed E-state index contributed by atoms with van der Waals surface area (Å²) >= 11 is 0. The SMILES string of the molecule is COc1ccc(CN2c3ccccc3C(=O)N3CCc4c([nH]c5ccccc45)C32)cc1. The predicted octanol–water partition coefficient (Wildman–Crippen LogP) is 4.89. The maximum Gasteiger partial charge on any atom is 0.257 e. The number of H-pyrrole nitrogens is 1. The van der Waals surface area contributed by atoms with Crippen molar-refractivity contribution in [1.82, 2.24) is 9.88 Å². The zero-order chi connectivity index (χ0) is 20.9. The van der Waals surface area contributed by atoms with Gasteiger partial charge in [-0.05, 0) is 47.9 Å². The molecular formula is C26H23N3O2. The Bertz CT molecular complexity index is 1290. The highest BCUT2D eigenvalue weighted by molar-refractivity contribution is 6.02. The molecule has 2 aliphatic heterocycles. The normalized spacial score (nSPS) is 17.3. The number of aromatic nitrogens is 1. The van der Waals surface area contributed by atoms with E-state index in [2.05, 4.69) is 52.3 Å². The summed E-state index contributed by atoms with van der Waals surface area (Å²) in [5.41, 5.74) is 6.51. The van der Waals surface area contributed by atoms with Crippen molar-refractivity contribution in [3.8, 4) is 5.75 Å². The van der Waals surface area contributed by atoms with Crippen LogP contribution < -0.4 is 9.64 Å². The first-order valence-corrected chi connectivity index (χ1v) is 10.6. The first-order chi connectivity index (χ1) is 15.2. The number of nitrogens with zero attached hydrogens (tertiary/aromatic N) is 2. The molecule has 0 bridgehead atoms. The number of nitrogens with one attached hydrogen (secondary N) is 1. The van der Waals surface area contributed by atoms with Gasteiger partial charge in [0.1, 0.15) is 11.9 Å². The fourth-order valence-corrected chi connectivity index (χ4v) is 5.05. The highest BCUT2D eigenvalue weighted by Gasteiger charge is 2.42. The number of fused-ring (bicyclic) bond motifs is 6. The molecule has 0 saturated carbocycles. The number of carbonyl (C=O) groups excluding carboxylic acids is 1. The van der Waals surface area contributed by atoms with Gasteiger partial charge in [0.05, 0.1) is 24.1 Å². The number of rotatable bonds is 3. The summed E-state index contributed by atoms with van der Waals surface area (Å²) < 4.78 is 5.32. The van der Waals surface area contributed by atoms with E-state index in [0.29, 0.717) is 13.1 Å². The average Bonchev–Trinajstić information content (AvgIpc) is 3.21. The van der Waals surface area contributed by atoms with Crippen molar-refractivity contribution in [1.29, 1.82) is 0 Å². The summed E-state index contributed by atoms with van der Waals surface area (Å²) in [6.45, 7) is 1.41. The van der Waals surface area contributed by atoms with Crippen molar-refractivity contribution in [3.63, 3.8) is 0 Å². The van der Waals surface area contributed by atoms with Crippen LogP contribution in [0.1, 0.15) is 33.3 Å². The second kappa shape index (κ2) is 6.91. The van der Waals surface area contributed by atoms with Crippen LogP contribution in [-0.2, 0) is 13.0 Å². The van der Waals surface area contributed by atoms with Crippen molar-refractivity contribution >= 4 is 22.5 Å². The van der Waals surface area contributed by atoms with Gasteiger partial charge in [-0.1, -0.05) is 42.5 Å². The van der Waals surface area contributed by atoms with Crippen LogP contribution in [0.15, 0.2) is 72.8 Å². The van der Waals surface area contributed by atoms with Crippen molar-refractivity contribution in [2.75, 3.05) is 18.6 Å². The molecule has 1 unspecified atom stereocenters. The van der Waals surface area contributed by atoms with Gasteiger partial charge in [-0.2, -0.15) is 0 Å². The highest BCUT2D eigenvalue weighted by Crippen LogP contribution is 2.44. The first kappa shape index (κ1) is 18.1. The summed E-state index contributed by atoms with van der Waals surface area (Å²) in [5, 5.41) is 1.26. The van der Waals surface area contributed by atoms with E-state index < -0.39 is 0 Å². The standard InChI is InChI=1S/C26H23N3O2/c1-31-18-12-10-17(11-13-18)16-29-23-9-5-3-7-21(23)26(30)28-15-14-20-19-6-2-4-8-22(19)27-24(20)25(28)29/h2-13,25,27H,14-16H2,1H3. The number of anilines is 1. The third kappa shape index (κ3) is 2.73. The van der Waals surface area contributed by atoms with Gasteiger partial charge in [0.2, 0.25) is 0 Å². The topological polar surface area (TPSA) is 48.6 Å². The van der Waals surface area contributed by atoms with Crippen LogP contribution in [0.4, 0.5) is 5.69 Å². The lowest BCUT2D eigenvalue weighted by Gasteiger charge is -2.47. The summed E-state index contributed by atoms with van der Waals surface area (Å²) in [7, 11) is 1.68. The van der Waals surface area contributed by atoms with Crippen molar-refractivity contribution < 1.29 is 9.53 Å². The molecule has 5 nitrogen and oxygen atoms in total. The number of ether oxygens (including phenoxy) is 1. The van der Waals surface area contributed by atoms with Gasteiger partial charge in [0.25, 0.3) is 5.91 Å². The Morgan fingerprint density at radius 1 is 1.00 bits per heavy atom. The van der Waals surface area contributed by atoms with E-state index in [9.17, 15) is 4.79 Å². The van der Waals surface area contributed by atoms with E-state index in [4.69, 9.17) is 4.74 Å². The van der Waals surface area contributed by atoms with E-state index in [1.54, 1.807) is 7.11 Å². The molecule has 1 amide bonds. The van der Waals surface area contributed by atoms with Gasteiger partial charge in [0, 0.05) is 24.0 Å². The van der Waals surface area contributed by atoms with Crippen LogP contribution in [0, 0.1) is 0 Å². The number of amides is 1. The molecule has 0 spiro atoms. The summed E-state index contributed by atoms with van der Waals surface area (Å²) in [4.78, 5) is 21.4. The molecule has 4 aromatic rings. The molecule has 0 aliphatic carbocycles. The molecule has 0 fully saturated rings. The number of carbonyl (C=O) groups is 1. The lowest BCUT2D eigenvalue weighted by Crippen LogP contribution is -2.52. The van der Waals surface area contributed by atoms with E-state index in [0.717, 1.165) is 34.6 Å². The van der Waals surface area contributed by atoms with E-state index in [1.165, 1.54) is 16.5 Å². The third-order valence-corrected chi connectivity index (χ3v) is 6.51. The number of benzene rings is 3. The van der Waals surface area contributed by atoms with E-state index >= 15 is 0 Å². The minimum Gasteiger partial charge on any atom is -0.497 e. The van der Waals surface area contributed by atoms with Gasteiger partial charge >= 0.3 is 0 Å². The molecular weight excluding hydrogens is 386 g/mol. The predicted molar refractivity (Wildman–Crippen MR) is 121 cm³/mol. The van der Waals surface area contributed by atoms with Crippen molar-refractivity contribution in [3.05, 3.63) is 95.2 Å². The Labute approximate surface area is 180 Å². The number of para-hydroxylation sites is 2. The van der Waals surface area contributed by atoms with Gasteiger partial charge in [-0.15, -0.1) is 0 Å². The van der Waals surface area contributed by atoms with E-state index in [1.807, 2.05) is 35.2 Å². The average molecular weight is 409 g/mol. The summed E-state index contributed by atoms with van der Waals surface area (Å²) in [6.07, 6.45) is 0.709. The Morgan fingerprint density at radius 3 is 2.61 bits per heavy atom. The molecule has 0 radical (unpaired) electrons. The fraction of sp³-hybridized carbons (Fsp3) is 0.192. The molecule has 0 saturated heterocycles. The van der Waals surface area contributed by atoms with Gasteiger partial charge in [-0.3, -0.25) is 4.79 Å². The minimum absolute atomic E-state index is 0.107. The Balaban J connectivity index is 1.51. The maximum absolute atomic E-state index is 13.4. The molecule has 3 aromatic carbocycles. The molecule has 1 N–H and O–H groups in total. The van der Waals surface area contributed by atoms with Crippen LogP contribution in [-0.4, -0.2) is 29.4 Å². The monoisotopic (exact) mass is 409 g/mol.